The van der Waals surface area contributed by atoms with E-state index in [1.165, 1.54) is 5.56 Å². The Bertz CT molecular complexity index is 443. The first-order valence-electron chi connectivity index (χ1n) is 5.99. The van der Waals surface area contributed by atoms with Crippen LogP contribution >= 0.6 is 0 Å². The van der Waals surface area contributed by atoms with E-state index in [1.807, 2.05) is 0 Å². The summed E-state index contributed by atoms with van der Waals surface area (Å²) >= 11 is 0. The second kappa shape index (κ2) is 4.82. The third-order valence-electron chi connectivity index (χ3n) is 3.40. The largest absolute Gasteiger partial charge is 0.305 e. The molecule has 0 saturated heterocycles. The maximum atomic E-state index is 10.5. The van der Waals surface area contributed by atoms with E-state index < -0.39 is 0 Å². The Morgan fingerprint density at radius 1 is 1.41 bits per heavy atom. The maximum Gasteiger partial charge on any atom is 0.235 e. The van der Waals surface area contributed by atoms with Gasteiger partial charge in [0.1, 0.15) is 0 Å². The highest BCUT2D eigenvalue weighted by molar-refractivity contribution is 5.40. The highest BCUT2D eigenvalue weighted by atomic mass is 16.1. The molecule has 0 spiro atoms. The van der Waals surface area contributed by atoms with E-state index in [4.69, 9.17) is 0 Å². The minimum absolute atomic E-state index is 0.274. The lowest BCUT2D eigenvalue weighted by atomic mass is 9.72. The Morgan fingerprint density at radius 3 is 2.71 bits per heavy atom. The molecule has 90 valence electrons. The Balaban J connectivity index is 2.29. The molecule has 0 amide bonds. The van der Waals surface area contributed by atoms with Crippen molar-refractivity contribution in [3.63, 3.8) is 0 Å². The van der Waals surface area contributed by atoms with Crippen molar-refractivity contribution in [2.75, 3.05) is 14.1 Å². The highest BCUT2D eigenvalue weighted by Crippen LogP contribution is 2.44. The van der Waals surface area contributed by atoms with Crippen LogP contribution in [-0.4, -0.2) is 25.1 Å². The SMILES string of the molecule is CN(C)Cc1cccc(C2(N=C=O)CCC2)c1. The van der Waals surface area contributed by atoms with E-state index in [-0.39, 0.29) is 5.54 Å². The van der Waals surface area contributed by atoms with Crippen LogP contribution in [0.2, 0.25) is 0 Å². The van der Waals surface area contributed by atoms with Crippen LogP contribution in [0.25, 0.3) is 0 Å². The zero-order valence-corrected chi connectivity index (χ0v) is 10.4. The molecule has 1 aliphatic rings. The van der Waals surface area contributed by atoms with Gasteiger partial charge in [0.2, 0.25) is 6.08 Å². The molecule has 0 aromatic heterocycles. The first-order valence-corrected chi connectivity index (χ1v) is 5.99. The Kier molecular flexibility index (Phi) is 3.41. The molecule has 1 aromatic carbocycles. The van der Waals surface area contributed by atoms with Crippen molar-refractivity contribution < 1.29 is 4.79 Å². The summed E-state index contributed by atoms with van der Waals surface area (Å²) < 4.78 is 0. The maximum absolute atomic E-state index is 10.5. The number of hydrogen-bond acceptors (Lipinski definition) is 3. The van der Waals surface area contributed by atoms with Crippen molar-refractivity contribution in [2.45, 2.75) is 31.3 Å². The summed E-state index contributed by atoms with van der Waals surface area (Å²) in [5.74, 6) is 0. The minimum atomic E-state index is -0.274. The quantitative estimate of drug-likeness (QED) is 0.588. The molecule has 17 heavy (non-hydrogen) atoms. The fourth-order valence-electron chi connectivity index (χ4n) is 2.39. The molecule has 0 bridgehead atoms. The first kappa shape index (κ1) is 12.0. The number of hydrogen-bond donors (Lipinski definition) is 0. The van der Waals surface area contributed by atoms with Crippen LogP contribution in [0, 0.1) is 0 Å². The van der Waals surface area contributed by atoms with E-state index in [0.717, 1.165) is 31.4 Å². The molecule has 1 aromatic rings. The van der Waals surface area contributed by atoms with Gasteiger partial charge in [-0.2, -0.15) is 4.99 Å². The molecule has 1 aliphatic carbocycles. The predicted octanol–water partition coefficient (Wildman–Crippen LogP) is 2.46. The van der Waals surface area contributed by atoms with Crippen LogP contribution in [0.5, 0.6) is 0 Å². The summed E-state index contributed by atoms with van der Waals surface area (Å²) in [7, 11) is 4.10. The molecule has 0 heterocycles. The van der Waals surface area contributed by atoms with Crippen molar-refractivity contribution >= 4 is 6.08 Å². The smallest absolute Gasteiger partial charge is 0.235 e. The Morgan fingerprint density at radius 2 is 2.18 bits per heavy atom. The van der Waals surface area contributed by atoms with E-state index in [0.29, 0.717) is 0 Å². The summed E-state index contributed by atoms with van der Waals surface area (Å²) in [5.41, 5.74) is 2.15. The van der Waals surface area contributed by atoms with Gasteiger partial charge in [0.25, 0.3) is 0 Å². The van der Waals surface area contributed by atoms with Crippen LogP contribution in [0.15, 0.2) is 29.3 Å². The second-order valence-electron chi connectivity index (χ2n) is 5.03. The molecule has 1 fully saturated rings. The van der Waals surface area contributed by atoms with Crippen LogP contribution in [-0.2, 0) is 16.9 Å². The third-order valence-corrected chi connectivity index (χ3v) is 3.40. The molecule has 0 N–H and O–H groups in total. The van der Waals surface area contributed by atoms with Gasteiger partial charge >= 0.3 is 0 Å². The lowest BCUT2D eigenvalue weighted by molar-refractivity contribution is 0.255. The fraction of sp³-hybridized carbons (Fsp3) is 0.500. The van der Waals surface area contributed by atoms with Crippen LogP contribution in [0.4, 0.5) is 0 Å². The summed E-state index contributed by atoms with van der Waals surface area (Å²) in [6.07, 6.45) is 4.81. The van der Waals surface area contributed by atoms with Gasteiger partial charge in [-0.3, -0.25) is 0 Å². The van der Waals surface area contributed by atoms with Crippen LogP contribution in [0.1, 0.15) is 30.4 Å². The number of aliphatic imine (C=N–C) groups is 1. The Labute approximate surface area is 102 Å². The summed E-state index contributed by atoms with van der Waals surface area (Å²) in [5, 5.41) is 0. The normalized spacial score (nSPS) is 17.4. The monoisotopic (exact) mass is 230 g/mol. The third kappa shape index (κ3) is 2.46. The lowest BCUT2D eigenvalue weighted by Gasteiger charge is -2.37. The Hall–Kier alpha value is -1.44. The van der Waals surface area contributed by atoms with Crippen molar-refractivity contribution in [3.8, 4) is 0 Å². The molecule has 0 radical (unpaired) electrons. The predicted molar refractivity (Wildman–Crippen MR) is 67.5 cm³/mol. The highest BCUT2D eigenvalue weighted by Gasteiger charge is 2.38. The average molecular weight is 230 g/mol. The van der Waals surface area contributed by atoms with Crippen molar-refractivity contribution in [1.82, 2.24) is 4.90 Å². The molecular formula is C14H18N2O. The number of nitrogens with zero attached hydrogens (tertiary/aromatic N) is 2. The topological polar surface area (TPSA) is 32.7 Å². The number of rotatable bonds is 4. The molecule has 0 aliphatic heterocycles. The zero-order chi connectivity index (χ0) is 12.3. The average Bonchev–Trinajstić information content (AvgIpc) is 2.23. The molecule has 0 atom stereocenters. The molecule has 2 rings (SSSR count). The van der Waals surface area contributed by atoms with Gasteiger partial charge in [-0.1, -0.05) is 24.3 Å². The van der Waals surface area contributed by atoms with Gasteiger partial charge in [-0.25, -0.2) is 4.79 Å². The van der Waals surface area contributed by atoms with E-state index >= 15 is 0 Å². The van der Waals surface area contributed by atoms with Crippen LogP contribution < -0.4 is 0 Å². The first-order chi connectivity index (χ1) is 8.16. The van der Waals surface area contributed by atoms with Crippen molar-refractivity contribution in [1.29, 1.82) is 0 Å². The van der Waals surface area contributed by atoms with Gasteiger partial charge in [-0.05, 0) is 44.5 Å². The minimum Gasteiger partial charge on any atom is -0.305 e. The second-order valence-corrected chi connectivity index (χ2v) is 5.03. The van der Waals surface area contributed by atoms with Gasteiger partial charge < -0.3 is 4.90 Å². The van der Waals surface area contributed by atoms with Gasteiger partial charge in [-0.15, -0.1) is 0 Å². The van der Waals surface area contributed by atoms with Crippen molar-refractivity contribution in [3.05, 3.63) is 35.4 Å². The summed E-state index contributed by atoms with van der Waals surface area (Å²) in [6, 6.07) is 8.40. The molecular weight excluding hydrogens is 212 g/mol. The zero-order valence-electron chi connectivity index (χ0n) is 10.4. The van der Waals surface area contributed by atoms with Crippen molar-refractivity contribution in [2.24, 2.45) is 4.99 Å². The van der Waals surface area contributed by atoms with E-state index in [1.54, 1.807) is 6.08 Å². The summed E-state index contributed by atoms with van der Waals surface area (Å²) in [4.78, 5) is 16.7. The lowest BCUT2D eigenvalue weighted by Crippen LogP contribution is -2.32. The number of carbonyl (C=O) groups excluding carboxylic acids is 1. The fourth-order valence-corrected chi connectivity index (χ4v) is 2.39. The molecule has 1 saturated carbocycles. The van der Waals surface area contributed by atoms with Gasteiger partial charge in [0.15, 0.2) is 0 Å². The van der Waals surface area contributed by atoms with Gasteiger partial charge in [0, 0.05) is 6.54 Å². The molecule has 3 nitrogen and oxygen atoms in total. The number of benzene rings is 1. The molecule has 0 unspecified atom stereocenters. The standard InChI is InChI=1S/C14H18N2O/c1-16(2)10-12-5-3-6-13(9-12)14(15-11-17)7-4-8-14/h3,5-6,9H,4,7-8,10H2,1-2H3. The summed E-state index contributed by atoms with van der Waals surface area (Å²) in [6.45, 7) is 0.911. The molecule has 3 heteroatoms. The number of isocyanates is 1. The van der Waals surface area contributed by atoms with E-state index in [9.17, 15) is 4.79 Å². The van der Waals surface area contributed by atoms with E-state index in [2.05, 4.69) is 48.3 Å². The van der Waals surface area contributed by atoms with Crippen LogP contribution in [0.3, 0.4) is 0 Å². The van der Waals surface area contributed by atoms with Gasteiger partial charge in [0.05, 0.1) is 5.54 Å².